The van der Waals surface area contributed by atoms with Crippen LogP contribution in [0, 0.1) is 12.8 Å². The average Bonchev–Trinajstić information content (AvgIpc) is 2.35. The maximum Gasteiger partial charge on any atom is 0.0896 e. The Morgan fingerprint density at radius 1 is 1.42 bits per heavy atom. The minimum Gasteiger partial charge on any atom is -0.250 e. The molecule has 0 unspecified atom stereocenters. The van der Waals surface area contributed by atoms with Crippen LogP contribution in [0.3, 0.4) is 0 Å². The van der Waals surface area contributed by atoms with E-state index in [-0.39, 0.29) is 5.41 Å². The van der Waals surface area contributed by atoms with Crippen molar-refractivity contribution in [3.05, 3.63) is 16.1 Å². The molecule has 0 saturated heterocycles. The summed E-state index contributed by atoms with van der Waals surface area (Å²) in [5.41, 5.74) is 0.270. The van der Waals surface area contributed by atoms with Gasteiger partial charge in [-0.1, -0.05) is 27.7 Å². The van der Waals surface area contributed by atoms with E-state index in [0.29, 0.717) is 5.92 Å². The van der Waals surface area contributed by atoms with Gasteiger partial charge in [0.2, 0.25) is 0 Å². The standard InChI is InChI=1S/C10H17NS/c1-7(2)10(4,5)9-6-11-8(3)12-9/h6-7H,1-5H3. The topological polar surface area (TPSA) is 12.9 Å². The Balaban J connectivity index is 2.97. The smallest absolute Gasteiger partial charge is 0.0896 e. The Hall–Kier alpha value is -0.370. The summed E-state index contributed by atoms with van der Waals surface area (Å²) in [4.78, 5) is 5.68. The van der Waals surface area contributed by atoms with E-state index < -0.39 is 0 Å². The van der Waals surface area contributed by atoms with Gasteiger partial charge in [-0.15, -0.1) is 11.3 Å². The molecule has 0 atom stereocenters. The highest BCUT2D eigenvalue weighted by molar-refractivity contribution is 7.11. The van der Waals surface area contributed by atoms with Gasteiger partial charge < -0.3 is 0 Å². The first kappa shape index (κ1) is 9.72. The van der Waals surface area contributed by atoms with E-state index in [1.807, 2.05) is 17.5 Å². The van der Waals surface area contributed by atoms with Crippen molar-refractivity contribution in [2.24, 2.45) is 5.92 Å². The van der Waals surface area contributed by atoms with Crippen LogP contribution in [-0.4, -0.2) is 4.98 Å². The molecule has 0 bridgehead atoms. The van der Waals surface area contributed by atoms with Crippen LogP contribution in [0.5, 0.6) is 0 Å². The molecule has 0 radical (unpaired) electrons. The lowest BCUT2D eigenvalue weighted by Gasteiger charge is -2.27. The average molecular weight is 183 g/mol. The van der Waals surface area contributed by atoms with Crippen LogP contribution in [0.2, 0.25) is 0 Å². The predicted octanol–water partition coefficient (Wildman–Crippen LogP) is 3.39. The minimum absolute atomic E-state index is 0.270. The van der Waals surface area contributed by atoms with Crippen molar-refractivity contribution in [1.29, 1.82) is 0 Å². The van der Waals surface area contributed by atoms with Crippen LogP contribution in [0.1, 0.15) is 37.6 Å². The third-order valence-corrected chi connectivity index (χ3v) is 3.95. The number of thiazole rings is 1. The Morgan fingerprint density at radius 2 is 2.00 bits per heavy atom. The first-order valence-corrected chi connectivity index (χ1v) is 5.19. The van der Waals surface area contributed by atoms with E-state index in [9.17, 15) is 0 Å². The summed E-state index contributed by atoms with van der Waals surface area (Å²) < 4.78 is 0. The Morgan fingerprint density at radius 3 is 2.33 bits per heavy atom. The Labute approximate surface area is 78.8 Å². The molecule has 0 N–H and O–H groups in total. The number of hydrogen-bond acceptors (Lipinski definition) is 2. The molecule has 0 amide bonds. The summed E-state index contributed by atoms with van der Waals surface area (Å²) in [5, 5.41) is 1.17. The fraction of sp³-hybridized carbons (Fsp3) is 0.700. The van der Waals surface area contributed by atoms with E-state index in [0.717, 1.165) is 0 Å². The summed E-state index contributed by atoms with van der Waals surface area (Å²) in [5.74, 6) is 0.664. The first-order chi connectivity index (χ1) is 5.44. The number of nitrogens with zero attached hydrogens (tertiary/aromatic N) is 1. The third-order valence-electron chi connectivity index (χ3n) is 2.70. The van der Waals surface area contributed by atoms with Crippen LogP contribution in [0.15, 0.2) is 6.20 Å². The molecule has 1 heterocycles. The lowest BCUT2D eigenvalue weighted by molar-refractivity contribution is 0.378. The summed E-state index contributed by atoms with van der Waals surface area (Å²) in [7, 11) is 0. The SMILES string of the molecule is Cc1ncc(C(C)(C)C(C)C)s1. The van der Waals surface area contributed by atoms with Gasteiger partial charge in [0.15, 0.2) is 0 Å². The molecule has 0 fully saturated rings. The highest BCUT2D eigenvalue weighted by Gasteiger charge is 2.26. The molecule has 0 spiro atoms. The van der Waals surface area contributed by atoms with Gasteiger partial charge in [-0.3, -0.25) is 0 Å². The zero-order chi connectivity index (χ0) is 9.35. The summed E-state index contributed by atoms with van der Waals surface area (Å²) in [6.45, 7) is 11.1. The predicted molar refractivity (Wildman–Crippen MR) is 54.7 cm³/mol. The molecule has 1 rings (SSSR count). The molecule has 1 aromatic heterocycles. The molecule has 0 aliphatic rings. The summed E-state index contributed by atoms with van der Waals surface area (Å²) in [6, 6.07) is 0. The van der Waals surface area contributed by atoms with Crippen molar-refractivity contribution in [2.45, 2.75) is 40.0 Å². The molecule has 0 saturated carbocycles. The molecule has 0 aliphatic heterocycles. The van der Waals surface area contributed by atoms with Gasteiger partial charge >= 0.3 is 0 Å². The van der Waals surface area contributed by atoms with Gasteiger partial charge in [-0.25, -0.2) is 4.98 Å². The second-order valence-electron chi connectivity index (χ2n) is 4.12. The van der Waals surface area contributed by atoms with E-state index >= 15 is 0 Å². The quantitative estimate of drug-likeness (QED) is 0.685. The van der Waals surface area contributed by atoms with E-state index in [1.54, 1.807) is 0 Å². The molecule has 0 aliphatic carbocycles. The van der Waals surface area contributed by atoms with Crippen LogP contribution in [0.25, 0.3) is 0 Å². The summed E-state index contributed by atoms with van der Waals surface area (Å²) >= 11 is 1.81. The van der Waals surface area contributed by atoms with Crippen LogP contribution in [-0.2, 0) is 5.41 Å². The van der Waals surface area contributed by atoms with E-state index in [2.05, 4.69) is 39.6 Å². The zero-order valence-electron chi connectivity index (χ0n) is 8.51. The van der Waals surface area contributed by atoms with Crippen molar-refractivity contribution < 1.29 is 0 Å². The highest BCUT2D eigenvalue weighted by atomic mass is 32.1. The number of aryl methyl sites for hydroxylation is 1. The molecular formula is C10H17NS. The fourth-order valence-corrected chi connectivity index (χ4v) is 1.97. The molecule has 2 heteroatoms. The molecule has 1 aromatic rings. The number of hydrogen-bond donors (Lipinski definition) is 0. The largest absolute Gasteiger partial charge is 0.250 e. The van der Waals surface area contributed by atoms with Crippen molar-refractivity contribution in [3.63, 3.8) is 0 Å². The molecule has 68 valence electrons. The maximum atomic E-state index is 4.28. The monoisotopic (exact) mass is 183 g/mol. The van der Waals surface area contributed by atoms with Crippen molar-refractivity contribution in [3.8, 4) is 0 Å². The lowest BCUT2D eigenvalue weighted by Crippen LogP contribution is -2.22. The summed E-state index contributed by atoms with van der Waals surface area (Å²) in [6.07, 6.45) is 2.01. The first-order valence-electron chi connectivity index (χ1n) is 4.37. The fourth-order valence-electron chi connectivity index (χ4n) is 0.944. The van der Waals surface area contributed by atoms with Gasteiger partial charge in [-0.2, -0.15) is 0 Å². The van der Waals surface area contributed by atoms with Crippen molar-refractivity contribution in [1.82, 2.24) is 4.98 Å². The molecule has 12 heavy (non-hydrogen) atoms. The van der Waals surface area contributed by atoms with Gasteiger partial charge in [0.25, 0.3) is 0 Å². The zero-order valence-corrected chi connectivity index (χ0v) is 9.33. The second kappa shape index (κ2) is 3.17. The molecule has 1 nitrogen and oxygen atoms in total. The number of aromatic nitrogens is 1. The lowest BCUT2D eigenvalue weighted by atomic mass is 9.80. The highest BCUT2D eigenvalue weighted by Crippen LogP contribution is 2.34. The van der Waals surface area contributed by atoms with Crippen LogP contribution >= 0.6 is 11.3 Å². The second-order valence-corrected chi connectivity index (χ2v) is 5.35. The van der Waals surface area contributed by atoms with Gasteiger partial charge in [0.1, 0.15) is 0 Å². The Bertz CT molecular complexity index is 261. The van der Waals surface area contributed by atoms with Gasteiger partial charge in [0.05, 0.1) is 5.01 Å². The van der Waals surface area contributed by atoms with E-state index in [1.165, 1.54) is 9.88 Å². The van der Waals surface area contributed by atoms with Gasteiger partial charge in [-0.05, 0) is 12.8 Å². The van der Waals surface area contributed by atoms with Crippen LogP contribution in [0.4, 0.5) is 0 Å². The normalized spacial score (nSPS) is 12.5. The molecular weight excluding hydrogens is 166 g/mol. The van der Waals surface area contributed by atoms with Crippen LogP contribution < -0.4 is 0 Å². The van der Waals surface area contributed by atoms with Gasteiger partial charge in [0, 0.05) is 16.5 Å². The van der Waals surface area contributed by atoms with Crippen molar-refractivity contribution in [2.75, 3.05) is 0 Å². The Kier molecular flexibility index (Phi) is 2.57. The molecule has 0 aromatic carbocycles. The minimum atomic E-state index is 0.270. The van der Waals surface area contributed by atoms with Crippen molar-refractivity contribution >= 4 is 11.3 Å². The maximum absolute atomic E-state index is 4.28. The third kappa shape index (κ3) is 1.69. The number of rotatable bonds is 2. The van der Waals surface area contributed by atoms with E-state index in [4.69, 9.17) is 0 Å².